The zero-order chi connectivity index (χ0) is 14.6. The van der Waals surface area contributed by atoms with E-state index in [4.69, 9.17) is 5.73 Å². The maximum absolute atomic E-state index is 12.1. The summed E-state index contributed by atoms with van der Waals surface area (Å²) in [6.07, 6.45) is 0.415. The molecule has 1 fully saturated rings. The van der Waals surface area contributed by atoms with Crippen molar-refractivity contribution < 1.29 is 22.7 Å². The van der Waals surface area contributed by atoms with Crippen LogP contribution < -0.4 is 5.73 Å². The first-order valence-electron chi connectivity index (χ1n) is 5.86. The van der Waals surface area contributed by atoms with Gasteiger partial charge in [0.05, 0.1) is 19.4 Å². The van der Waals surface area contributed by atoms with E-state index in [9.17, 15) is 18.0 Å². The molecule has 0 aromatic heterocycles. The fourth-order valence-corrected chi connectivity index (χ4v) is 3.25. The number of hydrogen-bond acceptors (Lipinski definition) is 5. The van der Waals surface area contributed by atoms with Crippen LogP contribution in [0.5, 0.6) is 0 Å². The maximum Gasteiger partial charge on any atom is 0.306 e. The molecule has 0 spiro atoms. The fraction of sp³-hybridized carbons (Fsp3) is 0.800. The lowest BCUT2D eigenvalue weighted by Gasteiger charge is -2.23. The van der Waals surface area contributed by atoms with Gasteiger partial charge in [0.25, 0.3) is 10.2 Å². The Kier molecular flexibility index (Phi) is 5.27. The number of nitrogens with zero attached hydrogens (tertiary/aromatic N) is 2. The summed E-state index contributed by atoms with van der Waals surface area (Å²) < 4.78 is 31.0. The summed E-state index contributed by atoms with van der Waals surface area (Å²) in [5.74, 6) is -1.41. The second-order valence-electron chi connectivity index (χ2n) is 4.40. The summed E-state index contributed by atoms with van der Waals surface area (Å²) in [5.41, 5.74) is 5.16. The van der Waals surface area contributed by atoms with Gasteiger partial charge >= 0.3 is 5.97 Å². The van der Waals surface area contributed by atoms with Gasteiger partial charge in [-0.25, -0.2) is 0 Å². The third-order valence-corrected chi connectivity index (χ3v) is 5.09. The molecule has 0 aliphatic carbocycles. The van der Waals surface area contributed by atoms with Crippen molar-refractivity contribution in [3.8, 4) is 0 Å². The molecule has 1 saturated heterocycles. The first kappa shape index (κ1) is 15.9. The van der Waals surface area contributed by atoms with Crippen LogP contribution >= 0.6 is 0 Å². The summed E-state index contributed by atoms with van der Waals surface area (Å²) in [5, 5.41) is 0. The minimum Gasteiger partial charge on any atom is -0.469 e. The molecule has 0 aromatic rings. The van der Waals surface area contributed by atoms with E-state index in [1.54, 1.807) is 0 Å². The molecule has 0 bridgehead atoms. The molecule has 1 rings (SSSR count). The largest absolute Gasteiger partial charge is 0.469 e. The number of hydrogen-bond donors (Lipinski definition) is 1. The summed E-state index contributed by atoms with van der Waals surface area (Å²) in [6.45, 7) is 0.394. The van der Waals surface area contributed by atoms with Crippen LogP contribution in [0.2, 0.25) is 0 Å². The number of nitrogens with two attached hydrogens (primary N) is 1. The Labute approximate surface area is 112 Å². The molecule has 9 heteroatoms. The van der Waals surface area contributed by atoms with Crippen LogP contribution in [0.3, 0.4) is 0 Å². The molecular weight excluding hydrogens is 274 g/mol. The van der Waals surface area contributed by atoms with Gasteiger partial charge in [0.1, 0.15) is 0 Å². The number of carbonyl (C=O) groups excluding carboxylic acids is 2. The minimum absolute atomic E-state index is 0.0146. The van der Waals surface area contributed by atoms with Crippen molar-refractivity contribution in [2.75, 3.05) is 33.8 Å². The Bertz CT molecular complexity index is 450. The van der Waals surface area contributed by atoms with Crippen molar-refractivity contribution in [1.29, 1.82) is 0 Å². The first-order valence-corrected chi connectivity index (χ1v) is 7.26. The Morgan fingerprint density at radius 1 is 1.47 bits per heavy atom. The van der Waals surface area contributed by atoms with E-state index in [-0.39, 0.29) is 26.1 Å². The third kappa shape index (κ3) is 3.88. The number of rotatable bonds is 6. The Morgan fingerprint density at radius 3 is 2.58 bits per heavy atom. The van der Waals surface area contributed by atoms with Gasteiger partial charge in [-0.1, -0.05) is 0 Å². The lowest BCUT2D eigenvalue weighted by atomic mass is 10.1. The van der Waals surface area contributed by atoms with E-state index >= 15 is 0 Å². The summed E-state index contributed by atoms with van der Waals surface area (Å²) in [6, 6.07) is 0. The molecule has 19 heavy (non-hydrogen) atoms. The van der Waals surface area contributed by atoms with Gasteiger partial charge in [-0.3, -0.25) is 9.59 Å². The quantitative estimate of drug-likeness (QED) is 0.601. The average Bonchev–Trinajstić information content (AvgIpc) is 2.85. The minimum atomic E-state index is -3.66. The number of esters is 1. The molecule has 8 nitrogen and oxygen atoms in total. The van der Waals surface area contributed by atoms with E-state index in [2.05, 4.69) is 4.74 Å². The Morgan fingerprint density at radius 2 is 2.11 bits per heavy atom. The van der Waals surface area contributed by atoms with Gasteiger partial charge in [0, 0.05) is 26.7 Å². The van der Waals surface area contributed by atoms with Crippen LogP contribution in [0.4, 0.5) is 0 Å². The molecule has 110 valence electrons. The predicted molar refractivity (Wildman–Crippen MR) is 67.1 cm³/mol. The van der Waals surface area contributed by atoms with E-state index in [1.807, 2.05) is 0 Å². The van der Waals surface area contributed by atoms with Gasteiger partial charge in [0.2, 0.25) is 5.91 Å². The topological polar surface area (TPSA) is 110 Å². The average molecular weight is 293 g/mol. The first-order chi connectivity index (χ1) is 8.78. The second-order valence-corrected chi connectivity index (χ2v) is 6.44. The zero-order valence-corrected chi connectivity index (χ0v) is 11.9. The van der Waals surface area contributed by atoms with Gasteiger partial charge in [-0.2, -0.15) is 17.0 Å². The second kappa shape index (κ2) is 6.31. The van der Waals surface area contributed by atoms with Crippen molar-refractivity contribution in [1.82, 2.24) is 8.61 Å². The maximum atomic E-state index is 12.1. The van der Waals surface area contributed by atoms with E-state index in [1.165, 1.54) is 18.5 Å². The van der Waals surface area contributed by atoms with E-state index in [0.29, 0.717) is 6.42 Å². The lowest BCUT2D eigenvalue weighted by Crippen LogP contribution is -2.42. The van der Waals surface area contributed by atoms with Crippen LogP contribution in [0, 0.1) is 5.92 Å². The number of carbonyl (C=O) groups is 2. The highest BCUT2D eigenvalue weighted by Gasteiger charge is 2.36. The number of amides is 1. The van der Waals surface area contributed by atoms with Crippen LogP contribution in [-0.4, -0.2) is 62.7 Å². The van der Waals surface area contributed by atoms with Crippen LogP contribution in [-0.2, 0) is 24.5 Å². The normalized spacial score (nSPS) is 20.7. The van der Waals surface area contributed by atoms with Crippen molar-refractivity contribution in [2.24, 2.45) is 11.7 Å². The van der Waals surface area contributed by atoms with E-state index < -0.39 is 28.0 Å². The summed E-state index contributed by atoms with van der Waals surface area (Å²) in [7, 11) is -1.03. The number of primary amides is 1. The highest BCUT2D eigenvalue weighted by molar-refractivity contribution is 7.86. The van der Waals surface area contributed by atoms with Gasteiger partial charge in [-0.05, 0) is 6.42 Å². The number of ether oxygens (including phenoxy) is 1. The highest BCUT2D eigenvalue weighted by Crippen LogP contribution is 2.20. The highest BCUT2D eigenvalue weighted by atomic mass is 32.2. The standard InChI is InChI=1S/C10H19N3O5S/c1-12(5-4-9(14)18-2)19(16,17)13-6-3-8(7-13)10(11)15/h8H,3-7H2,1-2H3,(H2,11,15). The molecule has 1 aliphatic heterocycles. The van der Waals surface area contributed by atoms with Crippen molar-refractivity contribution in [3.05, 3.63) is 0 Å². The van der Waals surface area contributed by atoms with Crippen LogP contribution in [0.25, 0.3) is 0 Å². The number of methoxy groups -OCH3 is 1. The Balaban J connectivity index is 2.60. The zero-order valence-electron chi connectivity index (χ0n) is 11.0. The predicted octanol–water partition coefficient (Wildman–Crippen LogP) is -1.47. The molecule has 1 atom stereocenters. The SMILES string of the molecule is COC(=O)CCN(C)S(=O)(=O)N1CCC(C(N)=O)C1. The lowest BCUT2D eigenvalue weighted by molar-refractivity contribution is -0.140. The molecule has 1 amide bonds. The van der Waals surface area contributed by atoms with E-state index in [0.717, 1.165) is 4.31 Å². The van der Waals surface area contributed by atoms with Crippen LogP contribution in [0.15, 0.2) is 0 Å². The Hall–Kier alpha value is -1.19. The molecule has 0 aromatic carbocycles. The molecule has 1 aliphatic rings. The smallest absolute Gasteiger partial charge is 0.306 e. The van der Waals surface area contributed by atoms with Crippen molar-refractivity contribution >= 4 is 22.1 Å². The molecular formula is C10H19N3O5S. The van der Waals surface area contributed by atoms with Crippen molar-refractivity contribution in [3.63, 3.8) is 0 Å². The molecule has 1 unspecified atom stereocenters. The van der Waals surface area contributed by atoms with Gasteiger partial charge in [-0.15, -0.1) is 0 Å². The molecule has 2 N–H and O–H groups in total. The third-order valence-electron chi connectivity index (χ3n) is 3.13. The molecule has 0 saturated carbocycles. The van der Waals surface area contributed by atoms with Gasteiger partial charge in [0.15, 0.2) is 0 Å². The monoisotopic (exact) mass is 293 g/mol. The molecule has 1 heterocycles. The molecule has 0 radical (unpaired) electrons. The summed E-state index contributed by atoms with van der Waals surface area (Å²) in [4.78, 5) is 22.0. The van der Waals surface area contributed by atoms with Gasteiger partial charge < -0.3 is 10.5 Å². The van der Waals surface area contributed by atoms with Crippen LogP contribution in [0.1, 0.15) is 12.8 Å². The fourth-order valence-electron chi connectivity index (χ4n) is 1.83. The summed E-state index contributed by atoms with van der Waals surface area (Å²) >= 11 is 0. The van der Waals surface area contributed by atoms with Crippen molar-refractivity contribution in [2.45, 2.75) is 12.8 Å².